The molecule has 2 aliphatic heterocycles. The van der Waals surface area contributed by atoms with E-state index < -0.39 is 11.9 Å². The number of carbonyl (C=O) groups excluding carboxylic acids is 2. The number of anilines is 1. The molecule has 29 heavy (non-hydrogen) atoms. The Balaban J connectivity index is 1.62. The number of aromatic nitrogens is 1. The SMILES string of the molecule is COC(=O)CC1=NN(c2nc3ccccc3s2)C(=O)C1C(C)=NC[C@@H]1CCCO1. The summed E-state index contributed by atoms with van der Waals surface area (Å²) in [5, 5.41) is 6.21. The van der Waals surface area contributed by atoms with Gasteiger partial charge in [0.05, 0.1) is 42.1 Å². The Hall–Kier alpha value is -2.65. The van der Waals surface area contributed by atoms with Crippen LogP contribution in [-0.2, 0) is 19.1 Å². The Kier molecular flexibility index (Phi) is 5.68. The Morgan fingerprint density at radius 1 is 1.41 bits per heavy atom. The molecular formula is C20H22N4O4S. The zero-order chi connectivity index (χ0) is 20.4. The molecule has 8 nitrogen and oxygen atoms in total. The van der Waals surface area contributed by atoms with E-state index in [2.05, 4.69) is 15.1 Å². The number of amides is 1. The van der Waals surface area contributed by atoms with Gasteiger partial charge < -0.3 is 9.47 Å². The number of ether oxygens (including phenoxy) is 2. The quantitative estimate of drug-likeness (QED) is 0.535. The van der Waals surface area contributed by atoms with Gasteiger partial charge in [0, 0.05) is 12.3 Å². The highest BCUT2D eigenvalue weighted by Gasteiger charge is 2.40. The van der Waals surface area contributed by atoms with Crippen molar-refractivity contribution in [2.75, 3.05) is 25.3 Å². The Bertz CT molecular complexity index is 960. The number of carbonyl (C=O) groups is 2. The summed E-state index contributed by atoms with van der Waals surface area (Å²) in [5.74, 6) is -1.39. The molecule has 4 rings (SSSR count). The van der Waals surface area contributed by atoms with Crippen molar-refractivity contribution in [1.29, 1.82) is 0 Å². The van der Waals surface area contributed by atoms with Gasteiger partial charge in [0.1, 0.15) is 5.92 Å². The van der Waals surface area contributed by atoms with Crippen molar-refractivity contribution in [3.8, 4) is 0 Å². The van der Waals surface area contributed by atoms with Crippen LogP contribution in [0.5, 0.6) is 0 Å². The minimum Gasteiger partial charge on any atom is -0.469 e. The van der Waals surface area contributed by atoms with Crippen molar-refractivity contribution in [2.24, 2.45) is 16.0 Å². The number of methoxy groups -OCH3 is 1. The summed E-state index contributed by atoms with van der Waals surface area (Å²) in [5.41, 5.74) is 1.85. The van der Waals surface area contributed by atoms with E-state index in [1.54, 1.807) is 6.92 Å². The predicted molar refractivity (Wildman–Crippen MR) is 112 cm³/mol. The highest BCUT2D eigenvalue weighted by atomic mass is 32.1. The molecular weight excluding hydrogens is 392 g/mol. The second-order valence-electron chi connectivity index (χ2n) is 7.01. The van der Waals surface area contributed by atoms with Gasteiger partial charge in [0.2, 0.25) is 5.13 Å². The van der Waals surface area contributed by atoms with Crippen LogP contribution in [0, 0.1) is 5.92 Å². The number of rotatable bonds is 6. The smallest absolute Gasteiger partial charge is 0.311 e. The molecule has 1 unspecified atom stereocenters. The van der Waals surface area contributed by atoms with Crippen LogP contribution in [0.3, 0.4) is 0 Å². The number of thiazole rings is 1. The first-order valence-electron chi connectivity index (χ1n) is 9.53. The normalized spacial score (nSPS) is 22.4. The lowest BCUT2D eigenvalue weighted by Crippen LogP contribution is -2.33. The lowest BCUT2D eigenvalue weighted by Gasteiger charge is -2.13. The molecule has 152 valence electrons. The minimum absolute atomic E-state index is 0.0684. The van der Waals surface area contributed by atoms with E-state index in [0.717, 1.165) is 29.7 Å². The van der Waals surface area contributed by atoms with Gasteiger partial charge in [0.15, 0.2) is 0 Å². The highest BCUT2D eigenvalue weighted by Crippen LogP contribution is 2.33. The van der Waals surface area contributed by atoms with E-state index >= 15 is 0 Å². The molecule has 0 spiro atoms. The average Bonchev–Trinajstić information content (AvgIpc) is 3.44. The van der Waals surface area contributed by atoms with Crippen LogP contribution < -0.4 is 5.01 Å². The summed E-state index contributed by atoms with van der Waals surface area (Å²) in [4.78, 5) is 34.2. The van der Waals surface area contributed by atoms with E-state index in [-0.39, 0.29) is 18.4 Å². The van der Waals surface area contributed by atoms with Gasteiger partial charge >= 0.3 is 5.97 Å². The molecule has 2 atom stereocenters. The van der Waals surface area contributed by atoms with Crippen LogP contribution in [-0.4, -0.2) is 54.6 Å². The molecule has 2 aliphatic rings. The van der Waals surface area contributed by atoms with Crippen molar-refractivity contribution < 1.29 is 19.1 Å². The molecule has 1 saturated heterocycles. The first kappa shape index (κ1) is 19.7. The Labute approximate surface area is 172 Å². The molecule has 0 N–H and O–H groups in total. The summed E-state index contributed by atoms with van der Waals surface area (Å²) >= 11 is 1.38. The van der Waals surface area contributed by atoms with Crippen LogP contribution in [0.1, 0.15) is 26.2 Å². The zero-order valence-corrected chi connectivity index (χ0v) is 17.1. The number of esters is 1. The summed E-state index contributed by atoms with van der Waals surface area (Å²) in [7, 11) is 1.32. The van der Waals surface area contributed by atoms with Crippen LogP contribution >= 0.6 is 11.3 Å². The molecule has 0 bridgehead atoms. The van der Waals surface area contributed by atoms with Crippen molar-refractivity contribution in [1.82, 2.24) is 4.98 Å². The third-order valence-corrected chi connectivity index (χ3v) is 6.03. The Morgan fingerprint density at radius 2 is 2.24 bits per heavy atom. The lowest BCUT2D eigenvalue weighted by atomic mass is 9.96. The molecule has 0 radical (unpaired) electrons. The van der Waals surface area contributed by atoms with E-state index in [4.69, 9.17) is 9.47 Å². The number of benzene rings is 1. The molecule has 9 heteroatoms. The molecule has 0 aliphatic carbocycles. The molecule has 3 heterocycles. The molecule has 1 aromatic carbocycles. The van der Waals surface area contributed by atoms with Crippen LogP contribution in [0.25, 0.3) is 10.2 Å². The van der Waals surface area contributed by atoms with Crippen LogP contribution in [0.15, 0.2) is 34.4 Å². The second-order valence-corrected chi connectivity index (χ2v) is 8.02. The third kappa shape index (κ3) is 4.06. The number of fused-ring (bicyclic) bond motifs is 1. The summed E-state index contributed by atoms with van der Waals surface area (Å²) in [6.07, 6.45) is 2.02. The first-order chi connectivity index (χ1) is 14.1. The van der Waals surface area contributed by atoms with E-state index in [0.29, 0.717) is 23.1 Å². The van der Waals surface area contributed by atoms with Crippen molar-refractivity contribution >= 4 is 50.0 Å². The van der Waals surface area contributed by atoms with Crippen molar-refractivity contribution in [2.45, 2.75) is 32.3 Å². The summed E-state index contributed by atoms with van der Waals surface area (Å²) in [6, 6.07) is 7.66. The van der Waals surface area contributed by atoms with Gasteiger partial charge in [-0.25, -0.2) is 4.98 Å². The molecule has 1 fully saturated rings. The van der Waals surface area contributed by atoms with Gasteiger partial charge in [0.25, 0.3) is 5.91 Å². The number of hydrogen-bond donors (Lipinski definition) is 0. The largest absolute Gasteiger partial charge is 0.469 e. The number of aliphatic imine (C=N–C) groups is 1. The van der Waals surface area contributed by atoms with E-state index in [1.807, 2.05) is 24.3 Å². The molecule has 0 saturated carbocycles. The number of para-hydroxylation sites is 1. The number of hydrogen-bond acceptors (Lipinski definition) is 8. The summed E-state index contributed by atoms with van der Waals surface area (Å²) < 4.78 is 11.4. The average molecular weight is 414 g/mol. The van der Waals surface area contributed by atoms with Gasteiger partial charge in [-0.05, 0) is 31.9 Å². The van der Waals surface area contributed by atoms with E-state index in [9.17, 15) is 9.59 Å². The van der Waals surface area contributed by atoms with Gasteiger partial charge in [-0.3, -0.25) is 14.6 Å². The van der Waals surface area contributed by atoms with Crippen molar-refractivity contribution in [3.63, 3.8) is 0 Å². The fourth-order valence-corrected chi connectivity index (χ4v) is 4.41. The lowest BCUT2D eigenvalue weighted by molar-refractivity contribution is -0.139. The zero-order valence-electron chi connectivity index (χ0n) is 16.3. The third-order valence-electron chi connectivity index (χ3n) is 5.02. The maximum Gasteiger partial charge on any atom is 0.311 e. The molecule has 1 amide bonds. The van der Waals surface area contributed by atoms with Crippen LogP contribution in [0.4, 0.5) is 5.13 Å². The number of hydrazone groups is 1. The topological polar surface area (TPSA) is 93.5 Å². The van der Waals surface area contributed by atoms with Gasteiger partial charge in [-0.15, -0.1) is 0 Å². The number of nitrogens with zero attached hydrogens (tertiary/aromatic N) is 4. The van der Waals surface area contributed by atoms with Crippen LogP contribution in [0.2, 0.25) is 0 Å². The minimum atomic E-state index is -0.692. The van der Waals surface area contributed by atoms with Gasteiger partial charge in [-0.1, -0.05) is 23.5 Å². The maximum absolute atomic E-state index is 13.2. The fourth-order valence-electron chi connectivity index (χ4n) is 3.49. The molecule has 1 aromatic heterocycles. The monoisotopic (exact) mass is 414 g/mol. The fraction of sp³-hybridized carbons (Fsp3) is 0.450. The highest BCUT2D eigenvalue weighted by molar-refractivity contribution is 7.22. The van der Waals surface area contributed by atoms with E-state index in [1.165, 1.54) is 23.5 Å². The predicted octanol–water partition coefficient (Wildman–Crippen LogP) is 2.82. The van der Waals surface area contributed by atoms with Gasteiger partial charge in [-0.2, -0.15) is 10.1 Å². The summed E-state index contributed by atoms with van der Waals surface area (Å²) in [6.45, 7) is 3.05. The van der Waals surface area contributed by atoms with Crippen molar-refractivity contribution in [3.05, 3.63) is 24.3 Å². The maximum atomic E-state index is 13.2. The Morgan fingerprint density at radius 3 is 2.97 bits per heavy atom. The second kappa shape index (κ2) is 8.38. The standard InChI is InChI=1S/C20H22N4O4S/c1-12(21-11-13-6-5-9-28-13)18-15(10-17(25)27-2)23-24(19(18)26)20-22-14-7-3-4-8-16(14)29-20/h3-4,7-8,13,18H,5-6,9-11H2,1-2H3/t13-,18?/m0/s1. The first-order valence-corrected chi connectivity index (χ1v) is 10.3. The molecule has 2 aromatic rings.